The Bertz CT molecular complexity index is 401. The number of methoxy groups -OCH3 is 1. The van der Waals surface area contributed by atoms with E-state index in [0.29, 0.717) is 6.04 Å². The van der Waals surface area contributed by atoms with Gasteiger partial charge in [0.25, 0.3) is 0 Å². The van der Waals surface area contributed by atoms with Crippen LogP contribution in [0.5, 0.6) is 5.75 Å². The van der Waals surface area contributed by atoms with Crippen molar-refractivity contribution in [3.8, 4) is 5.75 Å². The third-order valence-corrected chi connectivity index (χ3v) is 4.83. The number of hydrogen-bond acceptors (Lipinski definition) is 2. The minimum Gasteiger partial charge on any atom is -0.497 e. The average molecular weight is 289 g/mol. The largest absolute Gasteiger partial charge is 0.497 e. The van der Waals surface area contributed by atoms with Gasteiger partial charge in [-0.1, -0.05) is 31.9 Å². The Morgan fingerprint density at radius 1 is 1.24 bits per heavy atom. The molecule has 0 aliphatic heterocycles. The average Bonchev–Trinajstić information content (AvgIpc) is 2.51. The molecule has 1 saturated carbocycles. The summed E-state index contributed by atoms with van der Waals surface area (Å²) in [5, 5.41) is 3.74. The fourth-order valence-corrected chi connectivity index (χ4v) is 3.39. The highest BCUT2D eigenvalue weighted by molar-refractivity contribution is 5.27. The second kappa shape index (κ2) is 8.43. The Hall–Kier alpha value is -1.02. The van der Waals surface area contributed by atoms with Gasteiger partial charge in [-0.15, -0.1) is 0 Å². The lowest BCUT2D eigenvalue weighted by molar-refractivity contribution is 0.267. The molecule has 0 spiro atoms. The lowest BCUT2D eigenvalue weighted by Gasteiger charge is -2.28. The quantitative estimate of drug-likeness (QED) is 0.801. The molecule has 2 heteroatoms. The predicted octanol–water partition coefficient (Wildman–Crippen LogP) is 4.43. The SMILES string of the molecule is COc1ccc(CCC(C)NCC2CCCC(C)C2)cc1. The topological polar surface area (TPSA) is 21.3 Å². The highest BCUT2D eigenvalue weighted by Gasteiger charge is 2.18. The minimum absolute atomic E-state index is 0.601. The van der Waals surface area contributed by atoms with Crippen molar-refractivity contribution in [1.29, 1.82) is 0 Å². The van der Waals surface area contributed by atoms with Gasteiger partial charge in [-0.2, -0.15) is 0 Å². The van der Waals surface area contributed by atoms with Gasteiger partial charge in [0, 0.05) is 6.04 Å². The van der Waals surface area contributed by atoms with Crippen molar-refractivity contribution >= 4 is 0 Å². The summed E-state index contributed by atoms with van der Waals surface area (Å²) >= 11 is 0. The third kappa shape index (κ3) is 5.70. The maximum atomic E-state index is 5.20. The molecule has 0 heterocycles. The van der Waals surface area contributed by atoms with Crippen LogP contribution in [0.4, 0.5) is 0 Å². The van der Waals surface area contributed by atoms with Gasteiger partial charge in [0.1, 0.15) is 5.75 Å². The van der Waals surface area contributed by atoms with Crippen LogP contribution < -0.4 is 10.1 Å². The molecule has 2 nitrogen and oxygen atoms in total. The molecule has 1 aromatic carbocycles. The number of nitrogens with one attached hydrogen (secondary N) is 1. The van der Waals surface area contributed by atoms with Gasteiger partial charge in [0.05, 0.1) is 7.11 Å². The van der Waals surface area contributed by atoms with E-state index in [-0.39, 0.29) is 0 Å². The van der Waals surface area contributed by atoms with Gasteiger partial charge >= 0.3 is 0 Å². The van der Waals surface area contributed by atoms with Gasteiger partial charge in [-0.05, 0) is 68.7 Å². The molecule has 3 unspecified atom stereocenters. The van der Waals surface area contributed by atoms with Crippen LogP contribution in [0.2, 0.25) is 0 Å². The van der Waals surface area contributed by atoms with Gasteiger partial charge in [-0.3, -0.25) is 0 Å². The van der Waals surface area contributed by atoms with Crippen molar-refractivity contribution in [2.24, 2.45) is 11.8 Å². The maximum absolute atomic E-state index is 5.20. The summed E-state index contributed by atoms with van der Waals surface area (Å²) in [5.74, 6) is 2.77. The second-order valence-corrected chi connectivity index (χ2v) is 6.83. The Morgan fingerprint density at radius 2 is 2.00 bits per heavy atom. The molecule has 1 aliphatic carbocycles. The first-order valence-electron chi connectivity index (χ1n) is 8.53. The van der Waals surface area contributed by atoms with Crippen LogP contribution in [0, 0.1) is 11.8 Å². The van der Waals surface area contributed by atoms with Crippen LogP contribution in [0.3, 0.4) is 0 Å². The Balaban J connectivity index is 1.65. The van der Waals surface area contributed by atoms with Crippen molar-refractivity contribution in [2.75, 3.05) is 13.7 Å². The van der Waals surface area contributed by atoms with E-state index in [1.165, 1.54) is 44.2 Å². The normalized spacial score (nSPS) is 23.8. The predicted molar refractivity (Wildman–Crippen MR) is 89.9 cm³/mol. The summed E-state index contributed by atoms with van der Waals surface area (Å²) in [6.45, 7) is 5.92. The van der Waals surface area contributed by atoms with E-state index in [1.807, 2.05) is 0 Å². The summed E-state index contributed by atoms with van der Waals surface area (Å²) in [7, 11) is 1.72. The summed E-state index contributed by atoms with van der Waals surface area (Å²) < 4.78 is 5.20. The molecule has 0 amide bonds. The molecule has 0 bridgehead atoms. The lowest BCUT2D eigenvalue weighted by atomic mass is 9.82. The van der Waals surface area contributed by atoms with Crippen molar-refractivity contribution in [2.45, 2.75) is 58.4 Å². The molecule has 118 valence electrons. The molecule has 0 aromatic heterocycles. The summed E-state index contributed by atoms with van der Waals surface area (Å²) in [6.07, 6.45) is 8.03. The number of aryl methyl sites for hydroxylation is 1. The van der Waals surface area contributed by atoms with Gasteiger partial charge in [0.2, 0.25) is 0 Å². The van der Waals surface area contributed by atoms with Crippen LogP contribution in [0.1, 0.15) is 51.5 Å². The van der Waals surface area contributed by atoms with Crippen LogP contribution >= 0.6 is 0 Å². The maximum Gasteiger partial charge on any atom is 0.118 e. The third-order valence-electron chi connectivity index (χ3n) is 4.83. The van der Waals surface area contributed by atoms with E-state index >= 15 is 0 Å². The summed E-state index contributed by atoms with van der Waals surface area (Å²) in [5.41, 5.74) is 1.40. The Kier molecular flexibility index (Phi) is 6.56. The van der Waals surface area contributed by atoms with Crippen molar-refractivity contribution in [1.82, 2.24) is 5.32 Å². The zero-order chi connectivity index (χ0) is 15.1. The zero-order valence-corrected chi connectivity index (χ0v) is 13.9. The van der Waals surface area contributed by atoms with Crippen molar-refractivity contribution in [3.63, 3.8) is 0 Å². The molecular weight excluding hydrogens is 258 g/mol. The molecule has 1 fully saturated rings. The molecule has 2 rings (SSSR count). The van der Waals surface area contributed by atoms with Crippen LogP contribution in [-0.2, 0) is 6.42 Å². The standard InChI is InChI=1S/C19H31NO/c1-15-5-4-6-18(13-15)14-20-16(2)7-8-17-9-11-19(21-3)12-10-17/h9-12,15-16,18,20H,4-8,13-14H2,1-3H3. The first-order valence-corrected chi connectivity index (χ1v) is 8.53. The van der Waals surface area contributed by atoms with Crippen LogP contribution in [0.15, 0.2) is 24.3 Å². The molecule has 1 aromatic rings. The van der Waals surface area contributed by atoms with Gasteiger partial charge in [-0.25, -0.2) is 0 Å². The highest BCUT2D eigenvalue weighted by atomic mass is 16.5. The van der Waals surface area contributed by atoms with Crippen molar-refractivity contribution < 1.29 is 4.74 Å². The lowest BCUT2D eigenvalue weighted by Crippen LogP contribution is -2.33. The van der Waals surface area contributed by atoms with Crippen LogP contribution in [0.25, 0.3) is 0 Å². The zero-order valence-electron chi connectivity index (χ0n) is 13.9. The number of benzene rings is 1. The van der Waals surface area contributed by atoms with E-state index < -0.39 is 0 Å². The molecule has 21 heavy (non-hydrogen) atoms. The first kappa shape index (κ1) is 16.4. The van der Waals surface area contributed by atoms with E-state index in [2.05, 4.69) is 43.4 Å². The van der Waals surface area contributed by atoms with E-state index in [4.69, 9.17) is 4.74 Å². The fraction of sp³-hybridized carbons (Fsp3) is 0.684. The minimum atomic E-state index is 0.601. The van der Waals surface area contributed by atoms with E-state index in [0.717, 1.165) is 24.0 Å². The Labute approximate surface area is 130 Å². The summed E-state index contributed by atoms with van der Waals surface area (Å²) in [6, 6.07) is 9.06. The second-order valence-electron chi connectivity index (χ2n) is 6.83. The molecule has 1 N–H and O–H groups in total. The monoisotopic (exact) mass is 289 g/mol. The van der Waals surface area contributed by atoms with Gasteiger partial charge in [0.15, 0.2) is 0 Å². The van der Waals surface area contributed by atoms with E-state index in [1.54, 1.807) is 7.11 Å². The number of hydrogen-bond donors (Lipinski definition) is 1. The smallest absolute Gasteiger partial charge is 0.118 e. The molecular formula is C19H31NO. The highest BCUT2D eigenvalue weighted by Crippen LogP contribution is 2.28. The molecule has 0 radical (unpaired) electrons. The van der Waals surface area contributed by atoms with E-state index in [9.17, 15) is 0 Å². The Morgan fingerprint density at radius 3 is 2.67 bits per heavy atom. The summed E-state index contributed by atoms with van der Waals surface area (Å²) in [4.78, 5) is 0. The first-order chi connectivity index (χ1) is 10.2. The number of rotatable bonds is 7. The fourth-order valence-electron chi connectivity index (χ4n) is 3.39. The van der Waals surface area contributed by atoms with Crippen LogP contribution in [-0.4, -0.2) is 19.7 Å². The molecule has 3 atom stereocenters. The number of ether oxygens (including phenoxy) is 1. The molecule has 0 saturated heterocycles. The van der Waals surface area contributed by atoms with Crippen molar-refractivity contribution in [3.05, 3.63) is 29.8 Å². The molecule has 1 aliphatic rings. The van der Waals surface area contributed by atoms with Gasteiger partial charge < -0.3 is 10.1 Å².